The SMILES string of the molecule is CCCC(C)CC(O)c1cnccn1. The van der Waals surface area contributed by atoms with E-state index in [1.54, 1.807) is 18.6 Å². The minimum Gasteiger partial charge on any atom is -0.387 e. The summed E-state index contributed by atoms with van der Waals surface area (Å²) in [6, 6.07) is 0. The van der Waals surface area contributed by atoms with Gasteiger partial charge in [-0.15, -0.1) is 0 Å². The second-order valence-electron chi connectivity index (χ2n) is 3.78. The first-order chi connectivity index (χ1) is 6.74. The largest absolute Gasteiger partial charge is 0.387 e. The molecule has 78 valence electrons. The number of nitrogens with zero attached hydrogens (tertiary/aromatic N) is 2. The zero-order chi connectivity index (χ0) is 10.4. The Bertz CT molecular complexity index is 251. The van der Waals surface area contributed by atoms with E-state index in [2.05, 4.69) is 23.8 Å². The lowest BCUT2D eigenvalue weighted by Crippen LogP contribution is -2.06. The molecule has 2 unspecified atom stereocenters. The van der Waals surface area contributed by atoms with Gasteiger partial charge in [-0.3, -0.25) is 9.97 Å². The molecule has 1 aromatic rings. The first-order valence-corrected chi connectivity index (χ1v) is 5.18. The first kappa shape index (κ1) is 11.1. The van der Waals surface area contributed by atoms with Crippen molar-refractivity contribution in [2.45, 2.75) is 39.2 Å². The van der Waals surface area contributed by atoms with Gasteiger partial charge in [0.1, 0.15) is 0 Å². The Balaban J connectivity index is 2.46. The van der Waals surface area contributed by atoms with E-state index >= 15 is 0 Å². The number of aliphatic hydroxyl groups excluding tert-OH is 1. The Kier molecular flexibility index (Phi) is 4.53. The Morgan fingerprint density at radius 3 is 2.79 bits per heavy atom. The molecule has 1 rings (SSSR count). The molecule has 0 amide bonds. The third-order valence-electron chi connectivity index (χ3n) is 2.33. The van der Waals surface area contributed by atoms with Crippen LogP contribution in [0.15, 0.2) is 18.6 Å². The number of aromatic nitrogens is 2. The molecule has 3 heteroatoms. The van der Waals surface area contributed by atoms with E-state index < -0.39 is 6.10 Å². The van der Waals surface area contributed by atoms with E-state index in [0.717, 1.165) is 19.3 Å². The molecule has 0 aliphatic heterocycles. The van der Waals surface area contributed by atoms with Crippen molar-refractivity contribution < 1.29 is 5.11 Å². The van der Waals surface area contributed by atoms with Crippen molar-refractivity contribution in [2.24, 2.45) is 5.92 Å². The van der Waals surface area contributed by atoms with Crippen LogP contribution >= 0.6 is 0 Å². The lowest BCUT2D eigenvalue weighted by atomic mass is 9.97. The second-order valence-corrected chi connectivity index (χ2v) is 3.78. The van der Waals surface area contributed by atoms with Crippen molar-refractivity contribution in [3.05, 3.63) is 24.3 Å². The van der Waals surface area contributed by atoms with Gasteiger partial charge in [0.25, 0.3) is 0 Å². The fourth-order valence-corrected chi connectivity index (χ4v) is 1.60. The quantitative estimate of drug-likeness (QED) is 0.782. The van der Waals surface area contributed by atoms with Gasteiger partial charge in [0.15, 0.2) is 0 Å². The van der Waals surface area contributed by atoms with Crippen LogP contribution in [-0.4, -0.2) is 15.1 Å². The van der Waals surface area contributed by atoms with Crippen molar-refractivity contribution >= 4 is 0 Å². The minimum absolute atomic E-state index is 0.467. The summed E-state index contributed by atoms with van der Waals surface area (Å²) in [6.45, 7) is 4.31. The van der Waals surface area contributed by atoms with Gasteiger partial charge in [-0.1, -0.05) is 26.7 Å². The molecule has 1 N–H and O–H groups in total. The lowest BCUT2D eigenvalue weighted by Gasteiger charge is -2.14. The highest BCUT2D eigenvalue weighted by Crippen LogP contribution is 2.21. The predicted octanol–water partition coefficient (Wildman–Crippen LogP) is 2.34. The molecular weight excluding hydrogens is 176 g/mol. The van der Waals surface area contributed by atoms with Gasteiger partial charge < -0.3 is 5.11 Å². The van der Waals surface area contributed by atoms with Gasteiger partial charge >= 0.3 is 0 Å². The Morgan fingerprint density at radius 1 is 1.43 bits per heavy atom. The van der Waals surface area contributed by atoms with Crippen molar-refractivity contribution in [2.75, 3.05) is 0 Å². The standard InChI is InChI=1S/C11H18N2O/c1-3-4-9(2)7-11(14)10-8-12-5-6-13-10/h5-6,8-9,11,14H,3-4,7H2,1-2H3. The predicted molar refractivity (Wildman–Crippen MR) is 55.7 cm³/mol. The van der Waals surface area contributed by atoms with E-state index in [9.17, 15) is 5.11 Å². The highest BCUT2D eigenvalue weighted by molar-refractivity contribution is 4.98. The van der Waals surface area contributed by atoms with E-state index in [1.807, 2.05) is 0 Å². The minimum atomic E-state index is -0.467. The van der Waals surface area contributed by atoms with Crippen LogP contribution in [0, 0.1) is 5.92 Å². The molecule has 3 nitrogen and oxygen atoms in total. The molecule has 0 aliphatic carbocycles. The number of aliphatic hydroxyl groups is 1. The highest BCUT2D eigenvalue weighted by atomic mass is 16.3. The van der Waals surface area contributed by atoms with Crippen LogP contribution in [0.2, 0.25) is 0 Å². The molecule has 2 atom stereocenters. The highest BCUT2D eigenvalue weighted by Gasteiger charge is 2.12. The number of rotatable bonds is 5. The topological polar surface area (TPSA) is 46.0 Å². The van der Waals surface area contributed by atoms with Crippen molar-refractivity contribution in [1.29, 1.82) is 0 Å². The summed E-state index contributed by atoms with van der Waals surface area (Å²) in [5, 5.41) is 9.82. The van der Waals surface area contributed by atoms with E-state index in [-0.39, 0.29) is 0 Å². The maximum absolute atomic E-state index is 9.82. The van der Waals surface area contributed by atoms with Gasteiger partial charge in [-0.2, -0.15) is 0 Å². The normalized spacial score (nSPS) is 15.1. The smallest absolute Gasteiger partial charge is 0.0977 e. The fourth-order valence-electron chi connectivity index (χ4n) is 1.60. The van der Waals surface area contributed by atoms with E-state index in [4.69, 9.17) is 0 Å². The molecule has 0 fully saturated rings. The van der Waals surface area contributed by atoms with Crippen LogP contribution < -0.4 is 0 Å². The molecule has 0 spiro atoms. The maximum atomic E-state index is 9.82. The van der Waals surface area contributed by atoms with Crippen molar-refractivity contribution in [3.63, 3.8) is 0 Å². The molecule has 14 heavy (non-hydrogen) atoms. The average Bonchev–Trinajstić information content (AvgIpc) is 2.19. The van der Waals surface area contributed by atoms with Gasteiger partial charge in [0.05, 0.1) is 18.0 Å². The van der Waals surface area contributed by atoms with Crippen LogP contribution in [0.5, 0.6) is 0 Å². The summed E-state index contributed by atoms with van der Waals surface area (Å²) in [6.07, 6.45) is 7.47. The summed E-state index contributed by atoms with van der Waals surface area (Å²) in [7, 11) is 0. The maximum Gasteiger partial charge on any atom is 0.0977 e. The zero-order valence-corrected chi connectivity index (χ0v) is 8.85. The molecule has 0 aromatic carbocycles. The summed E-state index contributed by atoms with van der Waals surface area (Å²) in [5.74, 6) is 0.539. The summed E-state index contributed by atoms with van der Waals surface area (Å²) in [4.78, 5) is 8.02. The summed E-state index contributed by atoms with van der Waals surface area (Å²) in [5.41, 5.74) is 0.676. The lowest BCUT2D eigenvalue weighted by molar-refractivity contribution is 0.140. The van der Waals surface area contributed by atoms with Gasteiger partial charge in [0, 0.05) is 12.4 Å². The number of hydrogen-bond acceptors (Lipinski definition) is 3. The van der Waals surface area contributed by atoms with Crippen LogP contribution in [0.25, 0.3) is 0 Å². The van der Waals surface area contributed by atoms with Crippen LogP contribution in [0.1, 0.15) is 44.9 Å². The Morgan fingerprint density at radius 2 is 2.21 bits per heavy atom. The molecule has 0 aliphatic rings. The van der Waals surface area contributed by atoms with Crippen LogP contribution in [0.4, 0.5) is 0 Å². The molecule has 0 bridgehead atoms. The average molecular weight is 194 g/mol. The Labute approximate surface area is 85.2 Å². The summed E-state index contributed by atoms with van der Waals surface area (Å²) >= 11 is 0. The number of hydrogen-bond donors (Lipinski definition) is 1. The monoisotopic (exact) mass is 194 g/mol. The third-order valence-corrected chi connectivity index (χ3v) is 2.33. The molecule has 0 radical (unpaired) electrons. The van der Waals surface area contributed by atoms with Gasteiger partial charge in [-0.25, -0.2) is 0 Å². The van der Waals surface area contributed by atoms with Crippen LogP contribution in [-0.2, 0) is 0 Å². The van der Waals surface area contributed by atoms with E-state index in [1.165, 1.54) is 0 Å². The molecular formula is C11H18N2O. The van der Waals surface area contributed by atoms with E-state index in [0.29, 0.717) is 11.6 Å². The van der Waals surface area contributed by atoms with Gasteiger partial charge in [0.2, 0.25) is 0 Å². The molecule has 1 heterocycles. The summed E-state index contributed by atoms with van der Waals surface area (Å²) < 4.78 is 0. The fraction of sp³-hybridized carbons (Fsp3) is 0.636. The molecule has 0 saturated heterocycles. The second kappa shape index (κ2) is 5.70. The zero-order valence-electron chi connectivity index (χ0n) is 8.85. The third kappa shape index (κ3) is 3.42. The van der Waals surface area contributed by atoms with Crippen molar-refractivity contribution in [1.82, 2.24) is 9.97 Å². The Hall–Kier alpha value is -0.960. The molecule has 1 aromatic heterocycles. The molecule has 0 saturated carbocycles. The van der Waals surface area contributed by atoms with Crippen LogP contribution in [0.3, 0.4) is 0 Å². The van der Waals surface area contributed by atoms with Gasteiger partial charge in [-0.05, 0) is 12.3 Å². The van der Waals surface area contributed by atoms with Crippen molar-refractivity contribution in [3.8, 4) is 0 Å². The first-order valence-electron chi connectivity index (χ1n) is 5.18.